The third kappa shape index (κ3) is 11.5. The zero-order valence-electron chi connectivity index (χ0n) is 22.6. The number of carboxylic acid groups (broad SMARTS) is 1. The van der Waals surface area contributed by atoms with E-state index >= 15 is 0 Å². The number of aliphatic carboxylic acids is 1. The Hall–Kier alpha value is -2.73. The number of rotatable bonds is 16. The number of carbonyl (C=O) groups excluding carboxylic acids is 4. The van der Waals surface area contributed by atoms with E-state index in [2.05, 4.69) is 16.0 Å². The molecule has 4 atom stereocenters. The summed E-state index contributed by atoms with van der Waals surface area (Å²) in [5, 5.41) is 17.2. The number of amides is 4. The molecule has 0 aromatic rings. The van der Waals surface area contributed by atoms with Crippen molar-refractivity contribution in [3.8, 4) is 0 Å². The van der Waals surface area contributed by atoms with Gasteiger partial charge >= 0.3 is 5.97 Å². The zero-order valence-corrected chi connectivity index (χ0v) is 22.6. The van der Waals surface area contributed by atoms with Gasteiger partial charge < -0.3 is 37.4 Å². The van der Waals surface area contributed by atoms with Crippen molar-refractivity contribution >= 4 is 29.6 Å². The average Bonchev–Trinajstić information content (AvgIpc) is 3.30. The van der Waals surface area contributed by atoms with Crippen LogP contribution >= 0.6 is 0 Å². The van der Waals surface area contributed by atoms with E-state index in [0.29, 0.717) is 51.6 Å². The van der Waals surface area contributed by atoms with Gasteiger partial charge in [0.05, 0.1) is 12.6 Å². The van der Waals surface area contributed by atoms with Gasteiger partial charge in [0.1, 0.15) is 18.1 Å². The molecule has 0 unspecified atom stereocenters. The lowest BCUT2D eigenvalue weighted by Crippen LogP contribution is -2.55. The highest BCUT2D eigenvalue weighted by Gasteiger charge is 2.36. The molecule has 212 valence electrons. The molecular weight excluding hydrogens is 480 g/mol. The molecule has 0 bridgehead atoms. The Labute approximate surface area is 219 Å². The van der Waals surface area contributed by atoms with Gasteiger partial charge in [0.25, 0.3) is 0 Å². The Morgan fingerprint density at radius 1 is 0.946 bits per heavy atom. The van der Waals surface area contributed by atoms with Crippen molar-refractivity contribution in [2.24, 2.45) is 23.3 Å². The normalized spacial score (nSPS) is 17.8. The summed E-state index contributed by atoms with van der Waals surface area (Å²) in [5.74, 6) is -2.76. The summed E-state index contributed by atoms with van der Waals surface area (Å²) >= 11 is 0. The summed E-state index contributed by atoms with van der Waals surface area (Å²) in [6, 6.07) is -3.45. The Bertz CT molecular complexity index is 790. The topological polar surface area (TPSA) is 197 Å². The number of hydrogen-bond acceptors (Lipinski definition) is 7. The van der Waals surface area contributed by atoms with E-state index in [1.54, 1.807) is 0 Å². The summed E-state index contributed by atoms with van der Waals surface area (Å²) in [6.07, 6.45) is 3.37. The highest BCUT2D eigenvalue weighted by atomic mass is 16.4. The van der Waals surface area contributed by atoms with Crippen LogP contribution in [-0.2, 0) is 24.0 Å². The Morgan fingerprint density at radius 2 is 1.59 bits per heavy atom. The van der Waals surface area contributed by atoms with E-state index in [-0.39, 0.29) is 24.8 Å². The molecule has 0 spiro atoms. The number of carbonyl (C=O) groups is 5. The molecule has 12 nitrogen and oxygen atoms in total. The summed E-state index contributed by atoms with van der Waals surface area (Å²) < 4.78 is 0. The van der Waals surface area contributed by atoms with E-state index in [1.165, 1.54) is 4.90 Å². The third-order valence-electron chi connectivity index (χ3n) is 6.25. The van der Waals surface area contributed by atoms with Crippen LogP contribution in [0.4, 0.5) is 0 Å². The first kappa shape index (κ1) is 32.3. The molecule has 0 aliphatic carbocycles. The molecule has 4 amide bonds. The molecule has 1 rings (SSSR count). The third-order valence-corrected chi connectivity index (χ3v) is 6.25. The van der Waals surface area contributed by atoms with Crippen LogP contribution in [0.1, 0.15) is 72.6 Å². The number of carboxylic acids is 1. The largest absolute Gasteiger partial charge is 0.480 e. The number of nitrogens with zero attached hydrogens (tertiary/aromatic N) is 1. The minimum absolute atomic E-state index is 0.0659. The minimum Gasteiger partial charge on any atom is -0.480 e. The predicted molar refractivity (Wildman–Crippen MR) is 139 cm³/mol. The van der Waals surface area contributed by atoms with E-state index < -0.39 is 53.8 Å². The van der Waals surface area contributed by atoms with E-state index in [4.69, 9.17) is 11.5 Å². The SMILES string of the molecule is CC(C)C[C@H](NC(=O)[C@@H]1CCCN1C(=O)CNC(=O)[C@H](CCCCN)NC(=O)[C@@H](N)CC(C)C)C(=O)O. The van der Waals surface area contributed by atoms with E-state index in [1.807, 2.05) is 27.7 Å². The highest BCUT2D eigenvalue weighted by Crippen LogP contribution is 2.18. The lowest BCUT2D eigenvalue weighted by Gasteiger charge is -2.26. The molecule has 0 radical (unpaired) electrons. The molecule has 12 heteroatoms. The van der Waals surface area contributed by atoms with Crippen LogP contribution in [0.25, 0.3) is 0 Å². The zero-order chi connectivity index (χ0) is 28.1. The maximum Gasteiger partial charge on any atom is 0.326 e. The van der Waals surface area contributed by atoms with Crippen LogP contribution in [0, 0.1) is 11.8 Å². The molecule has 1 fully saturated rings. The average molecular weight is 527 g/mol. The van der Waals surface area contributed by atoms with Crippen molar-refractivity contribution in [3.05, 3.63) is 0 Å². The number of nitrogens with one attached hydrogen (secondary N) is 3. The quantitative estimate of drug-likeness (QED) is 0.147. The van der Waals surface area contributed by atoms with Gasteiger partial charge in [-0.25, -0.2) is 4.79 Å². The first-order valence-corrected chi connectivity index (χ1v) is 13.2. The first-order valence-electron chi connectivity index (χ1n) is 13.2. The molecule has 0 aromatic carbocycles. The lowest BCUT2D eigenvalue weighted by molar-refractivity contribution is -0.144. The van der Waals surface area contributed by atoms with Gasteiger partial charge in [-0.2, -0.15) is 0 Å². The van der Waals surface area contributed by atoms with Crippen molar-refractivity contribution in [2.75, 3.05) is 19.6 Å². The van der Waals surface area contributed by atoms with Crippen molar-refractivity contribution in [1.82, 2.24) is 20.9 Å². The molecule has 1 aliphatic rings. The molecule has 37 heavy (non-hydrogen) atoms. The molecular formula is C25H46N6O6. The molecule has 1 aliphatic heterocycles. The van der Waals surface area contributed by atoms with Crippen molar-refractivity contribution in [2.45, 2.75) is 96.8 Å². The summed E-state index contributed by atoms with van der Waals surface area (Å²) in [5.41, 5.74) is 11.5. The maximum absolute atomic E-state index is 12.9. The lowest BCUT2D eigenvalue weighted by atomic mass is 10.0. The smallest absolute Gasteiger partial charge is 0.326 e. The number of nitrogens with two attached hydrogens (primary N) is 2. The fourth-order valence-corrected chi connectivity index (χ4v) is 4.34. The second-order valence-corrected chi connectivity index (χ2v) is 10.6. The van der Waals surface area contributed by atoms with Crippen LogP contribution in [-0.4, -0.2) is 83.4 Å². The van der Waals surface area contributed by atoms with Crippen molar-refractivity contribution in [3.63, 3.8) is 0 Å². The van der Waals surface area contributed by atoms with Gasteiger partial charge in [-0.05, 0) is 63.3 Å². The molecule has 1 saturated heterocycles. The maximum atomic E-state index is 12.9. The van der Waals surface area contributed by atoms with Crippen molar-refractivity contribution < 1.29 is 29.1 Å². The first-order chi connectivity index (χ1) is 17.4. The van der Waals surface area contributed by atoms with Crippen LogP contribution < -0.4 is 27.4 Å². The predicted octanol–water partition coefficient (Wildman–Crippen LogP) is -0.304. The summed E-state index contributed by atoms with van der Waals surface area (Å²) in [6.45, 7) is 8.05. The summed E-state index contributed by atoms with van der Waals surface area (Å²) in [4.78, 5) is 63.9. The van der Waals surface area contributed by atoms with Gasteiger partial charge in [-0.15, -0.1) is 0 Å². The second-order valence-electron chi connectivity index (χ2n) is 10.6. The molecule has 0 saturated carbocycles. The van der Waals surface area contributed by atoms with Crippen LogP contribution in [0.2, 0.25) is 0 Å². The molecule has 8 N–H and O–H groups in total. The van der Waals surface area contributed by atoms with E-state index in [0.717, 1.165) is 0 Å². The van der Waals surface area contributed by atoms with Gasteiger partial charge in [0.2, 0.25) is 23.6 Å². The fraction of sp³-hybridized carbons (Fsp3) is 0.800. The van der Waals surface area contributed by atoms with Crippen molar-refractivity contribution in [1.29, 1.82) is 0 Å². The van der Waals surface area contributed by atoms with E-state index in [9.17, 15) is 29.1 Å². The van der Waals surface area contributed by atoms with Gasteiger partial charge in [0.15, 0.2) is 0 Å². The minimum atomic E-state index is -1.12. The molecule has 1 heterocycles. The molecule has 0 aromatic heterocycles. The Balaban J connectivity index is 2.76. The standard InChI is InChI=1S/C25H46N6O6/c1-15(2)12-17(27)22(33)29-18(8-5-6-10-26)23(34)28-14-21(32)31-11-7-9-20(31)24(35)30-19(25(36)37)13-16(3)4/h15-20H,5-14,26-27H2,1-4H3,(H,28,34)(H,29,33)(H,30,35)(H,36,37)/t17-,18-,19-,20-/m0/s1. The number of hydrogen-bond donors (Lipinski definition) is 6. The Morgan fingerprint density at radius 3 is 2.16 bits per heavy atom. The van der Waals surface area contributed by atoms with Crippen LogP contribution in [0.15, 0.2) is 0 Å². The van der Waals surface area contributed by atoms with Gasteiger partial charge in [0, 0.05) is 6.54 Å². The summed E-state index contributed by atoms with van der Waals surface area (Å²) in [7, 11) is 0. The monoisotopic (exact) mass is 526 g/mol. The Kier molecular flexibility index (Phi) is 14.1. The van der Waals surface area contributed by atoms with Gasteiger partial charge in [-0.1, -0.05) is 27.7 Å². The fourth-order valence-electron chi connectivity index (χ4n) is 4.34. The van der Waals surface area contributed by atoms with Crippen LogP contribution in [0.3, 0.4) is 0 Å². The highest BCUT2D eigenvalue weighted by molar-refractivity contribution is 5.94. The number of unbranched alkanes of at least 4 members (excludes halogenated alkanes) is 1. The van der Waals surface area contributed by atoms with Gasteiger partial charge in [-0.3, -0.25) is 19.2 Å². The second kappa shape index (κ2) is 16.2. The van der Waals surface area contributed by atoms with Crippen LogP contribution in [0.5, 0.6) is 0 Å². The number of likely N-dealkylation sites (tertiary alicyclic amines) is 1.